The monoisotopic (exact) mass is 362 g/mol. The van der Waals surface area contributed by atoms with Crippen molar-refractivity contribution in [3.63, 3.8) is 0 Å². The molecule has 24 heavy (non-hydrogen) atoms. The highest BCUT2D eigenvalue weighted by Gasteiger charge is 2.53. The minimum atomic E-state index is -4.62. The number of nitrogens with zero attached hydrogens (tertiary/aromatic N) is 2. The molecule has 1 amide bonds. The number of rotatable bonds is 6. The largest absolute Gasteiger partial charge is 0.481 e. The number of likely N-dealkylation sites (tertiary alicyclic amines) is 1. The van der Waals surface area contributed by atoms with Crippen LogP contribution in [0.3, 0.4) is 0 Å². The number of carboxylic acids is 1. The molecule has 0 radical (unpaired) electrons. The Morgan fingerprint density at radius 2 is 2.08 bits per heavy atom. The molecule has 132 valence electrons. The minimum absolute atomic E-state index is 0.0778. The second-order valence-corrected chi connectivity index (χ2v) is 6.62. The lowest BCUT2D eigenvalue weighted by Crippen LogP contribution is -2.34. The van der Waals surface area contributed by atoms with Gasteiger partial charge in [0, 0.05) is 37.2 Å². The molecule has 1 aromatic rings. The highest BCUT2D eigenvalue weighted by Crippen LogP contribution is 2.37. The molecule has 2 heterocycles. The normalized spacial score (nSPS) is 21.0. The van der Waals surface area contributed by atoms with Crippen LogP contribution in [-0.4, -0.2) is 51.9 Å². The number of aromatic nitrogens is 1. The van der Waals surface area contributed by atoms with Crippen molar-refractivity contribution < 1.29 is 27.9 Å². The second-order valence-electron chi connectivity index (χ2n) is 5.52. The molecule has 1 aromatic heterocycles. The summed E-state index contributed by atoms with van der Waals surface area (Å²) in [6, 6.07) is 5.49. The summed E-state index contributed by atoms with van der Waals surface area (Å²) in [6.45, 7) is -0.965. The molecule has 2 atom stereocenters. The van der Waals surface area contributed by atoms with Crippen molar-refractivity contribution in [1.82, 2.24) is 9.88 Å². The Labute approximate surface area is 141 Å². The summed E-state index contributed by atoms with van der Waals surface area (Å²) < 4.78 is 38.7. The van der Waals surface area contributed by atoms with Gasteiger partial charge < -0.3 is 10.0 Å². The summed E-state index contributed by atoms with van der Waals surface area (Å²) in [6.07, 6.45) is -2.88. The highest BCUT2D eigenvalue weighted by atomic mass is 32.2. The van der Waals surface area contributed by atoms with E-state index in [1.54, 1.807) is 12.3 Å². The number of carboxylic acid groups (broad SMARTS) is 1. The van der Waals surface area contributed by atoms with Crippen LogP contribution in [-0.2, 0) is 15.3 Å². The quantitative estimate of drug-likeness (QED) is 0.787. The molecule has 0 unspecified atom stereocenters. The van der Waals surface area contributed by atoms with Gasteiger partial charge in [-0.1, -0.05) is 6.07 Å². The van der Waals surface area contributed by atoms with Crippen molar-refractivity contribution in [2.24, 2.45) is 11.8 Å². The number of hydrogen-bond acceptors (Lipinski definition) is 4. The highest BCUT2D eigenvalue weighted by molar-refractivity contribution is 7.98. The number of halogens is 3. The standard InChI is InChI=1S/C15H17F3N2O3S/c16-15(17,18)12-8-20(7-11(12)14(22)23)13(21)4-6-24-9-10-3-1-2-5-19-10/h1-3,5,11-12H,4,6-9H2,(H,22,23)/t11-,12-/m1/s1. The zero-order valence-corrected chi connectivity index (χ0v) is 13.5. The fraction of sp³-hybridized carbons (Fsp3) is 0.533. The molecular formula is C15H17F3N2O3S. The molecule has 0 bridgehead atoms. The first-order valence-corrected chi connectivity index (χ1v) is 8.49. The first kappa shape index (κ1) is 18.6. The first-order chi connectivity index (χ1) is 11.3. The number of amides is 1. The summed E-state index contributed by atoms with van der Waals surface area (Å²) in [5.41, 5.74) is 0.860. The van der Waals surface area contributed by atoms with E-state index in [1.165, 1.54) is 11.8 Å². The van der Waals surface area contributed by atoms with Gasteiger partial charge in [0.15, 0.2) is 0 Å². The molecule has 1 saturated heterocycles. The topological polar surface area (TPSA) is 70.5 Å². The van der Waals surface area contributed by atoms with Crippen LogP contribution < -0.4 is 0 Å². The van der Waals surface area contributed by atoms with Gasteiger partial charge in [-0.25, -0.2) is 0 Å². The number of pyridine rings is 1. The van der Waals surface area contributed by atoms with Crippen LogP contribution >= 0.6 is 11.8 Å². The molecule has 9 heteroatoms. The smallest absolute Gasteiger partial charge is 0.394 e. The SMILES string of the molecule is O=C(O)[C@@H]1CN(C(=O)CCSCc2ccccn2)C[C@H]1C(F)(F)F. The van der Waals surface area contributed by atoms with Crippen LogP contribution in [0.1, 0.15) is 12.1 Å². The van der Waals surface area contributed by atoms with E-state index in [1.807, 2.05) is 12.1 Å². The molecular weight excluding hydrogens is 345 g/mol. The number of carbonyl (C=O) groups is 2. The number of carbonyl (C=O) groups excluding carboxylic acids is 1. The van der Waals surface area contributed by atoms with Crippen LogP contribution in [0.25, 0.3) is 0 Å². The van der Waals surface area contributed by atoms with Crippen molar-refractivity contribution in [2.45, 2.75) is 18.3 Å². The maximum Gasteiger partial charge on any atom is 0.394 e. The molecule has 1 N–H and O–H groups in total. The summed E-state index contributed by atoms with van der Waals surface area (Å²) in [4.78, 5) is 28.2. The molecule has 0 aliphatic carbocycles. The Morgan fingerprint density at radius 3 is 2.62 bits per heavy atom. The third-order valence-corrected chi connectivity index (χ3v) is 4.84. The number of alkyl halides is 3. The van der Waals surface area contributed by atoms with E-state index < -0.39 is 36.4 Å². The maximum absolute atomic E-state index is 12.9. The van der Waals surface area contributed by atoms with Gasteiger partial charge >= 0.3 is 12.1 Å². The predicted octanol–water partition coefficient (Wildman–Crippen LogP) is 2.43. The lowest BCUT2D eigenvalue weighted by atomic mass is 9.96. The van der Waals surface area contributed by atoms with Crippen molar-refractivity contribution in [3.05, 3.63) is 30.1 Å². The third kappa shape index (κ3) is 4.86. The van der Waals surface area contributed by atoms with E-state index in [9.17, 15) is 22.8 Å². The molecule has 1 aliphatic heterocycles. The lowest BCUT2D eigenvalue weighted by Gasteiger charge is -2.18. The Kier molecular flexibility index (Phi) is 6.09. The van der Waals surface area contributed by atoms with Crippen molar-refractivity contribution in [2.75, 3.05) is 18.8 Å². The molecule has 5 nitrogen and oxygen atoms in total. The Morgan fingerprint density at radius 1 is 1.33 bits per heavy atom. The van der Waals surface area contributed by atoms with E-state index in [0.29, 0.717) is 11.5 Å². The zero-order valence-electron chi connectivity index (χ0n) is 12.7. The van der Waals surface area contributed by atoms with Crippen molar-refractivity contribution in [3.8, 4) is 0 Å². The van der Waals surface area contributed by atoms with Crippen LogP contribution in [0.5, 0.6) is 0 Å². The van der Waals surface area contributed by atoms with Gasteiger partial charge in [-0.15, -0.1) is 0 Å². The van der Waals surface area contributed by atoms with Crippen molar-refractivity contribution >= 4 is 23.6 Å². The van der Waals surface area contributed by atoms with Gasteiger partial charge in [-0.05, 0) is 12.1 Å². The van der Waals surface area contributed by atoms with E-state index in [-0.39, 0.29) is 13.0 Å². The van der Waals surface area contributed by atoms with Crippen LogP contribution in [0, 0.1) is 11.8 Å². The summed E-state index contributed by atoms with van der Waals surface area (Å²) in [5, 5.41) is 8.94. The minimum Gasteiger partial charge on any atom is -0.481 e. The van der Waals surface area contributed by atoms with Crippen molar-refractivity contribution in [1.29, 1.82) is 0 Å². The second kappa shape index (κ2) is 7.87. The summed E-state index contributed by atoms with van der Waals surface area (Å²) in [7, 11) is 0. The predicted molar refractivity (Wildman–Crippen MR) is 82.3 cm³/mol. The first-order valence-electron chi connectivity index (χ1n) is 7.34. The molecule has 0 aromatic carbocycles. The van der Waals surface area contributed by atoms with Gasteiger partial charge in [0.25, 0.3) is 0 Å². The lowest BCUT2D eigenvalue weighted by molar-refractivity contribution is -0.188. The fourth-order valence-corrected chi connectivity index (χ4v) is 3.41. The van der Waals surface area contributed by atoms with Crippen LogP contribution in [0.4, 0.5) is 13.2 Å². The van der Waals surface area contributed by atoms with Gasteiger partial charge in [-0.2, -0.15) is 24.9 Å². The van der Waals surface area contributed by atoms with E-state index >= 15 is 0 Å². The van der Waals surface area contributed by atoms with Crippen LogP contribution in [0.2, 0.25) is 0 Å². The Hall–Kier alpha value is -1.77. The van der Waals surface area contributed by atoms with E-state index in [0.717, 1.165) is 10.6 Å². The molecule has 2 rings (SSSR count). The van der Waals surface area contributed by atoms with Gasteiger partial charge in [0.05, 0.1) is 17.5 Å². The third-order valence-electron chi connectivity index (χ3n) is 3.85. The molecule has 1 aliphatic rings. The van der Waals surface area contributed by atoms with Gasteiger partial charge in [0.2, 0.25) is 5.91 Å². The zero-order chi connectivity index (χ0) is 17.7. The Bertz CT molecular complexity index is 583. The average Bonchev–Trinajstić information content (AvgIpc) is 2.98. The van der Waals surface area contributed by atoms with Crippen LogP contribution in [0.15, 0.2) is 24.4 Å². The maximum atomic E-state index is 12.9. The fourth-order valence-electron chi connectivity index (χ4n) is 2.57. The number of aliphatic carboxylic acids is 1. The molecule has 1 fully saturated rings. The van der Waals surface area contributed by atoms with E-state index in [2.05, 4.69) is 4.98 Å². The summed E-state index contributed by atoms with van der Waals surface area (Å²) in [5.74, 6) is -4.49. The number of hydrogen-bond donors (Lipinski definition) is 1. The van der Waals surface area contributed by atoms with E-state index in [4.69, 9.17) is 5.11 Å². The average molecular weight is 362 g/mol. The van der Waals surface area contributed by atoms with Gasteiger partial charge in [-0.3, -0.25) is 14.6 Å². The molecule has 0 saturated carbocycles. The Balaban J connectivity index is 1.81. The molecule has 0 spiro atoms. The summed E-state index contributed by atoms with van der Waals surface area (Å²) >= 11 is 1.46. The van der Waals surface area contributed by atoms with Gasteiger partial charge in [0.1, 0.15) is 0 Å². The number of thioether (sulfide) groups is 1.